The first-order chi connectivity index (χ1) is 8.13. The van der Waals surface area contributed by atoms with E-state index in [1.807, 2.05) is 13.0 Å². The van der Waals surface area contributed by atoms with Crippen LogP contribution in [0.1, 0.15) is 21.7 Å². The Kier molecular flexibility index (Phi) is 2.91. The van der Waals surface area contributed by atoms with Crippen LogP contribution in [0.2, 0.25) is 0 Å². The normalized spacial score (nSPS) is 10.3. The van der Waals surface area contributed by atoms with Crippen molar-refractivity contribution in [1.29, 1.82) is 0 Å². The Morgan fingerprint density at radius 1 is 1.35 bits per heavy atom. The van der Waals surface area contributed by atoms with Gasteiger partial charge in [-0.25, -0.2) is 4.79 Å². The van der Waals surface area contributed by atoms with Crippen LogP contribution in [0.15, 0.2) is 23.0 Å². The Morgan fingerprint density at radius 2 is 2.12 bits per heavy atom. The van der Waals surface area contributed by atoms with Gasteiger partial charge in [-0.2, -0.15) is 0 Å². The number of pyridine rings is 1. The molecule has 0 atom stereocenters. The van der Waals surface area contributed by atoms with Gasteiger partial charge in [0.2, 0.25) is 0 Å². The number of hydrogen-bond donors (Lipinski definition) is 0. The molecule has 0 aromatic carbocycles. The topological polar surface area (TPSA) is 65.2 Å². The quantitative estimate of drug-likeness (QED) is 0.742. The fourth-order valence-electron chi connectivity index (χ4n) is 1.60. The molecule has 0 bridgehead atoms. The van der Waals surface area contributed by atoms with E-state index in [0.717, 1.165) is 11.1 Å². The predicted molar refractivity (Wildman–Crippen MR) is 60.5 cm³/mol. The summed E-state index contributed by atoms with van der Waals surface area (Å²) in [5.41, 5.74) is 2.53. The first kappa shape index (κ1) is 11.3. The van der Waals surface area contributed by atoms with E-state index in [1.54, 1.807) is 19.3 Å². The van der Waals surface area contributed by atoms with Crippen molar-refractivity contribution in [3.05, 3.63) is 35.3 Å². The van der Waals surface area contributed by atoms with E-state index in [0.29, 0.717) is 17.0 Å². The van der Waals surface area contributed by atoms with E-state index in [1.165, 1.54) is 7.11 Å². The van der Waals surface area contributed by atoms with Crippen molar-refractivity contribution in [1.82, 2.24) is 10.1 Å². The zero-order valence-corrected chi connectivity index (χ0v) is 9.85. The number of hydrogen-bond acceptors (Lipinski definition) is 5. The number of ether oxygens (including phenoxy) is 1. The average Bonchev–Trinajstić information content (AvgIpc) is 2.70. The zero-order valence-electron chi connectivity index (χ0n) is 9.85. The first-order valence-electron chi connectivity index (χ1n) is 5.10. The predicted octanol–water partition coefficient (Wildman–Crippen LogP) is 2.14. The zero-order chi connectivity index (χ0) is 12.4. The van der Waals surface area contributed by atoms with Crippen molar-refractivity contribution in [3.63, 3.8) is 0 Å². The molecular weight excluding hydrogens is 220 g/mol. The van der Waals surface area contributed by atoms with Crippen LogP contribution in [0.3, 0.4) is 0 Å². The van der Waals surface area contributed by atoms with Crippen LogP contribution in [-0.2, 0) is 4.74 Å². The molecule has 17 heavy (non-hydrogen) atoms. The van der Waals surface area contributed by atoms with Crippen LogP contribution in [-0.4, -0.2) is 23.2 Å². The van der Waals surface area contributed by atoms with Gasteiger partial charge >= 0.3 is 5.97 Å². The highest BCUT2D eigenvalue weighted by Crippen LogP contribution is 2.25. The van der Waals surface area contributed by atoms with Crippen LogP contribution in [0.4, 0.5) is 0 Å². The van der Waals surface area contributed by atoms with E-state index in [-0.39, 0.29) is 0 Å². The summed E-state index contributed by atoms with van der Waals surface area (Å²) in [6, 6.07) is 1.89. The van der Waals surface area contributed by atoms with Gasteiger partial charge in [0, 0.05) is 18.0 Å². The number of rotatable bonds is 2. The molecule has 0 aliphatic heterocycles. The molecule has 2 heterocycles. The molecule has 0 N–H and O–H groups in total. The largest absolute Gasteiger partial charge is 0.465 e. The molecule has 5 nitrogen and oxygen atoms in total. The number of esters is 1. The van der Waals surface area contributed by atoms with E-state index >= 15 is 0 Å². The molecular formula is C12H12N2O3. The Labute approximate surface area is 98.4 Å². The molecule has 0 radical (unpaired) electrons. The summed E-state index contributed by atoms with van der Waals surface area (Å²) in [7, 11) is 1.33. The maximum Gasteiger partial charge on any atom is 0.343 e. The fourth-order valence-corrected chi connectivity index (χ4v) is 1.60. The smallest absolute Gasteiger partial charge is 0.343 e. The minimum Gasteiger partial charge on any atom is -0.465 e. The Bertz CT molecular complexity index is 561. The lowest BCUT2D eigenvalue weighted by Crippen LogP contribution is -2.03. The maximum atomic E-state index is 11.6. The number of methoxy groups -OCH3 is 1. The standard InChI is InChI=1S/C12H12N2O3/c1-7-4-9(6-13-5-7)11-10(12(15)16-3)8(2)17-14-11/h4-6H,1-3H3. The van der Waals surface area contributed by atoms with Crippen LogP contribution >= 0.6 is 0 Å². The van der Waals surface area contributed by atoms with Gasteiger partial charge in [0.1, 0.15) is 17.0 Å². The van der Waals surface area contributed by atoms with Crippen molar-refractivity contribution < 1.29 is 14.1 Å². The molecule has 5 heteroatoms. The van der Waals surface area contributed by atoms with E-state index < -0.39 is 5.97 Å². The SMILES string of the molecule is COC(=O)c1c(-c2cncc(C)c2)noc1C. The summed E-state index contributed by atoms with van der Waals surface area (Å²) in [5.74, 6) is -0.0198. The van der Waals surface area contributed by atoms with Crippen molar-refractivity contribution >= 4 is 5.97 Å². The first-order valence-corrected chi connectivity index (χ1v) is 5.10. The third-order valence-corrected chi connectivity index (χ3v) is 2.40. The molecule has 0 amide bonds. The second-order valence-corrected chi connectivity index (χ2v) is 3.70. The Balaban J connectivity index is 2.57. The van der Waals surface area contributed by atoms with E-state index in [2.05, 4.69) is 10.1 Å². The van der Waals surface area contributed by atoms with Crippen molar-refractivity contribution in [3.8, 4) is 11.3 Å². The Hall–Kier alpha value is -2.17. The molecule has 2 aromatic rings. The van der Waals surface area contributed by atoms with Gasteiger partial charge in [0.15, 0.2) is 0 Å². The minimum absolute atomic E-state index is 0.347. The third-order valence-electron chi connectivity index (χ3n) is 2.40. The lowest BCUT2D eigenvalue weighted by Gasteiger charge is -2.01. The highest BCUT2D eigenvalue weighted by Gasteiger charge is 2.22. The van der Waals surface area contributed by atoms with Gasteiger partial charge < -0.3 is 9.26 Å². The molecule has 0 saturated carbocycles. The number of nitrogens with zero attached hydrogens (tertiary/aromatic N) is 2. The molecule has 2 aromatic heterocycles. The molecule has 88 valence electrons. The molecule has 0 aliphatic rings. The van der Waals surface area contributed by atoms with Gasteiger partial charge in [0.25, 0.3) is 0 Å². The van der Waals surface area contributed by atoms with Crippen LogP contribution in [0, 0.1) is 13.8 Å². The summed E-state index contributed by atoms with van der Waals surface area (Å²) >= 11 is 0. The minimum atomic E-state index is -0.458. The van der Waals surface area contributed by atoms with Crippen molar-refractivity contribution in [2.75, 3.05) is 7.11 Å². The van der Waals surface area contributed by atoms with Gasteiger partial charge in [-0.15, -0.1) is 0 Å². The fraction of sp³-hybridized carbons (Fsp3) is 0.250. The van der Waals surface area contributed by atoms with Crippen LogP contribution in [0.5, 0.6) is 0 Å². The van der Waals surface area contributed by atoms with Crippen molar-refractivity contribution in [2.45, 2.75) is 13.8 Å². The van der Waals surface area contributed by atoms with E-state index in [4.69, 9.17) is 9.26 Å². The number of aryl methyl sites for hydroxylation is 2. The Morgan fingerprint density at radius 3 is 2.76 bits per heavy atom. The average molecular weight is 232 g/mol. The van der Waals surface area contributed by atoms with E-state index in [9.17, 15) is 4.79 Å². The number of carbonyl (C=O) groups excluding carboxylic acids is 1. The van der Waals surface area contributed by atoms with Crippen LogP contribution in [0.25, 0.3) is 11.3 Å². The maximum absolute atomic E-state index is 11.6. The monoisotopic (exact) mass is 232 g/mol. The summed E-state index contributed by atoms with van der Waals surface area (Å²) in [6.07, 6.45) is 3.37. The lowest BCUT2D eigenvalue weighted by atomic mass is 10.1. The van der Waals surface area contributed by atoms with Crippen molar-refractivity contribution in [2.24, 2.45) is 0 Å². The number of carbonyl (C=O) groups is 1. The third kappa shape index (κ3) is 2.04. The van der Waals surface area contributed by atoms with Gasteiger partial charge in [0.05, 0.1) is 7.11 Å². The van der Waals surface area contributed by atoms with Gasteiger partial charge in [-0.1, -0.05) is 5.16 Å². The molecule has 0 unspecified atom stereocenters. The number of aromatic nitrogens is 2. The van der Waals surface area contributed by atoms with Gasteiger partial charge in [-0.3, -0.25) is 4.98 Å². The second-order valence-electron chi connectivity index (χ2n) is 3.70. The highest BCUT2D eigenvalue weighted by molar-refractivity contribution is 5.96. The van der Waals surface area contributed by atoms with Crippen LogP contribution < -0.4 is 0 Å². The molecule has 0 fully saturated rings. The summed E-state index contributed by atoms with van der Waals surface area (Å²) in [6.45, 7) is 3.59. The second kappa shape index (κ2) is 4.37. The van der Waals surface area contributed by atoms with Gasteiger partial charge in [-0.05, 0) is 25.5 Å². The molecule has 0 aliphatic carbocycles. The molecule has 2 rings (SSSR count). The molecule has 0 spiro atoms. The summed E-state index contributed by atoms with van der Waals surface area (Å²) in [4.78, 5) is 15.7. The molecule has 0 saturated heterocycles. The highest BCUT2D eigenvalue weighted by atomic mass is 16.5. The summed E-state index contributed by atoms with van der Waals surface area (Å²) < 4.78 is 9.74. The lowest BCUT2D eigenvalue weighted by molar-refractivity contribution is 0.0599. The summed E-state index contributed by atoms with van der Waals surface area (Å²) in [5, 5.41) is 3.88.